The fourth-order valence-electron chi connectivity index (χ4n) is 3.66. The van der Waals surface area contributed by atoms with Crippen LogP contribution in [0.5, 0.6) is 0 Å². The number of carbonyl (C=O) groups is 1. The summed E-state index contributed by atoms with van der Waals surface area (Å²) >= 11 is 0. The van der Waals surface area contributed by atoms with Crippen LogP contribution in [0.3, 0.4) is 0 Å². The van der Waals surface area contributed by atoms with E-state index in [9.17, 15) is 4.79 Å². The number of rotatable bonds is 3. The Balaban J connectivity index is 1.63. The van der Waals surface area contributed by atoms with Gasteiger partial charge in [0.05, 0.1) is 23.5 Å². The Kier molecular flexibility index (Phi) is 4.81. The van der Waals surface area contributed by atoms with E-state index >= 15 is 0 Å². The lowest BCUT2D eigenvalue weighted by Crippen LogP contribution is -2.55. The minimum Gasteiger partial charge on any atom is -0.381 e. The van der Waals surface area contributed by atoms with Crippen LogP contribution in [0.4, 0.5) is 11.4 Å². The predicted octanol–water partition coefficient (Wildman–Crippen LogP) is 3.03. The van der Waals surface area contributed by atoms with Crippen molar-refractivity contribution in [1.29, 1.82) is 0 Å². The van der Waals surface area contributed by atoms with Crippen LogP contribution in [0.25, 0.3) is 0 Å². The third-order valence-electron chi connectivity index (χ3n) is 5.19. The second-order valence-corrected chi connectivity index (χ2v) is 6.93. The van der Waals surface area contributed by atoms with Crippen LogP contribution in [0.1, 0.15) is 28.8 Å². The lowest BCUT2D eigenvalue weighted by molar-refractivity contribution is 0.0778. The van der Waals surface area contributed by atoms with Gasteiger partial charge in [0, 0.05) is 38.7 Å². The van der Waals surface area contributed by atoms with Crippen molar-refractivity contribution in [3.63, 3.8) is 0 Å². The first-order valence-corrected chi connectivity index (χ1v) is 9.28. The monoisotopic (exact) mass is 364 g/mol. The number of fused-ring (bicyclic) bond motifs is 1. The number of nitrogens with one attached hydrogen (secondary N) is 3. The molecule has 1 fully saturated rings. The standard InChI is InChI=1S/C21H24N4O2/c1-22-19(26)16-6-4-5-15(13-16)14-23-20-21(9-11-27-12-10-21)25-18-8-3-2-7-17(18)24-20/h2-8,13,25H,9-12,14H2,1H3,(H,22,26)(H,23,24). The molecule has 2 aromatic carbocycles. The molecule has 3 N–H and O–H groups in total. The van der Waals surface area contributed by atoms with Crippen LogP contribution in [-0.4, -0.2) is 37.5 Å². The maximum absolute atomic E-state index is 11.9. The van der Waals surface area contributed by atoms with Gasteiger partial charge in [0.25, 0.3) is 5.91 Å². The Hall–Kier alpha value is -2.86. The lowest BCUT2D eigenvalue weighted by Gasteiger charge is -2.43. The number of aliphatic imine (C=N–C) groups is 1. The van der Waals surface area contributed by atoms with Gasteiger partial charge in [-0.3, -0.25) is 9.79 Å². The number of hydrogen-bond donors (Lipinski definition) is 3. The number of ether oxygens (including phenoxy) is 1. The molecule has 2 aliphatic heterocycles. The van der Waals surface area contributed by atoms with Gasteiger partial charge < -0.3 is 20.7 Å². The summed E-state index contributed by atoms with van der Waals surface area (Å²) in [5, 5.41) is 9.89. The smallest absolute Gasteiger partial charge is 0.251 e. The molecule has 2 aromatic rings. The molecule has 1 saturated heterocycles. The molecule has 0 aromatic heterocycles. The lowest BCUT2D eigenvalue weighted by atomic mass is 9.86. The highest BCUT2D eigenvalue weighted by Crippen LogP contribution is 2.36. The summed E-state index contributed by atoms with van der Waals surface area (Å²) < 4.78 is 5.58. The van der Waals surface area contributed by atoms with Crippen molar-refractivity contribution in [3.05, 3.63) is 59.7 Å². The van der Waals surface area contributed by atoms with Crippen molar-refractivity contribution < 1.29 is 9.53 Å². The first kappa shape index (κ1) is 17.5. The summed E-state index contributed by atoms with van der Waals surface area (Å²) in [6.07, 6.45) is 1.73. The average Bonchev–Trinajstić information content (AvgIpc) is 2.72. The predicted molar refractivity (Wildman–Crippen MR) is 107 cm³/mol. The molecule has 0 unspecified atom stereocenters. The van der Waals surface area contributed by atoms with Gasteiger partial charge in [0.1, 0.15) is 5.84 Å². The van der Waals surface area contributed by atoms with Gasteiger partial charge in [-0.05, 0) is 29.8 Å². The van der Waals surface area contributed by atoms with Crippen LogP contribution >= 0.6 is 0 Å². The molecule has 0 bridgehead atoms. The summed E-state index contributed by atoms with van der Waals surface area (Å²) in [6.45, 7) is 1.93. The van der Waals surface area contributed by atoms with E-state index in [0.717, 1.165) is 35.6 Å². The first-order chi connectivity index (χ1) is 13.2. The molecular formula is C21H24N4O2. The van der Waals surface area contributed by atoms with E-state index in [1.807, 2.05) is 36.4 Å². The molecule has 27 heavy (non-hydrogen) atoms. The van der Waals surface area contributed by atoms with Gasteiger partial charge >= 0.3 is 0 Å². The zero-order valence-corrected chi connectivity index (χ0v) is 15.4. The average molecular weight is 364 g/mol. The van der Waals surface area contributed by atoms with Crippen molar-refractivity contribution >= 4 is 23.1 Å². The van der Waals surface area contributed by atoms with E-state index in [2.05, 4.69) is 28.1 Å². The van der Waals surface area contributed by atoms with E-state index in [-0.39, 0.29) is 11.4 Å². The molecule has 2 aliphatic rings. The molecule has 6 nitrogen and oxygen atoms in total. The molecule has 1 amide bonds. The van der Waals surface area contributed by atoms with E-state index in [1.54, 1.807) is 7.05 Å². The van der Waals surface area contributed by atoms with Crippen molar-refractivity contribution in [3.8, 4) is 0 Å². The first-order valence-electron chi connectivity index (χ1n) is 9.28. The Morgan fingerprint density at radius 1 is 1.15 bits per heavy atom. The third-order valence-corrected chi connectivity index (χ3v) is 5.19. The number of benzene rings is 2. The highest BCUT2D eigenvalue weighted by Gasteiger charge is 2.41. The summed E-state index contributed by atoms with van der Waals surface area (Å²) in [5.41, 5.74) is 3.56. The van der Waals surface area contributed by atoms with Gasteiger partial charge in [-0.15, -0.1) is 0 Å². The normalized spacial score (nSPS) is 19.1. The van der Waals surface area contributed by atoms with E-state index in [1.165, 1.54) is 0 Å². The summed E-state index contributed by atoms with van der Waals surface area (Å²) in [4.78, 5) is 16.8. The molecule has 140 valence electrons. The van der Waals surface area contributed by atoms with Crippen LogP contribution in [0, 0.1) is 0 Å². The van der Waals surface area contributed by atoms with Crippen LogP contribution < -0.4 is 16.0 Å². The number of amidine groups is 1. The van der Waals surface area contributed by atoms with E-state index in [4.69, 9.17) is 9.73 Å². The zero-order valence-electron chi connectivity index (χ0n) is 15.4. The van der Waals surface area contributed by atoms with Gasteiger partial charge in [0.15, 0.2) is 0 Å². The van der Waals surface area contributed by atoms with Crippen LogP contribution in [0.15, 0.2) is 53.5 Å². The Bertz CT molecular complexity index is 872. The molecule has 6 heteroatoms. The number of hydrogen-bond acceptors (Lipinski definition) is 4. The van der Waals surface area contributed by atoms with Crippen LogP contribution in [-0.2, 0) is 11.3 Å². The van der Waals surface area contributed by atoms with Gasteiger partial charge in [-0.1, -0.05) is 24.3 Å². The molecule has 0 saturated carbocycles. The summed E-state index contributed by atoms with van der Waals surface area (Å²) in [7, 11) is 1.64. The fraction of sp³-hybridized carbons (Fsp3) is 0.333. The number of amides is 1. The Morgan fingerprint density at radius 3 is 2.70 bits per heavy atom. The summed E-state index contributed by atoms with van der Waals surface area (Å²) in [5.74, 6) is 0.853. The molecule has 2 heterocycles. The summed E-state index contributed by atoms with van der Waals surface area (Å²) in [6, 6.07) is 15.8. The van der Waals surface area contributed by atoms with Crippen molar-refractivity contribution in [2.24, 2.45) is 4.99 Å². The molecule has 0 aliphatic carbocycles. The van der Waals surface area contributed by atoms with Crippen molar-refractivity contribution in [1.82, 2.24) is 5.32 Å². The highest BCUT2D eigenvalue weighted by molar-refractivity contribution is 6.09. The topological polar surface area (TPSA) is 74.8 Å². The fourth-order valence-corrected chi connectivity index (χ4v) is 3.66. The Morgan fingerprint density at radius 2 is 1.93 bits per heavy atom. The maximum atomic E-state index is 11.9. The molecule has 1 spiro atoms. The maximum Gasteiger partial charge on any atom is 0.251 e. The highest BCUT2D eigenvalue weighted by atomic mass is 16.5. The quantitative estimate of drug-likeness (QED) is 0.783. The molecular weight excluding hydrogens is 340 g/mol. The number of anilines is 2. The number of carbonyl (C=O) groups excluding carboxylic acids is 1. The number of nitrogens with zero attached hydrogens (tertiary/aromatic N) is 1. The number of para-hydroxylation sites is 2. The Labute approximate surface area is 159 Å². The minimum absolute atomic E-state index is 0.0863. The van der Waals surface area contributed by atoms with Crippen molar-refractivity contribution in [2.45, 2.75) is 24.9 Å². The SMILES string of the molecule is CNC(=O)c1cccc(CN=C2Nc3ccccc3NC23CCOCC3)c1. The largest absolute Gasteiger partial charge is 0.381 e. The minimum atomic E-state index is -0.231. The van der Waals surface area contributed by atoms with E-state index < -0.39 is 0 Å². The van der Waals surface area contributed by atoms with E-state index in [0.29, 0.717) is 25.3 Å². The second-order valence-electron chi connectivity index (χ2n) is 6.93. The molecule has 0 radical (unpaired) electrons. The third kappa shape index (κ3) is 3.53. The van der Waals surface area contributed by atoms with Crippen molar-refractivity contribution in [2.75, 3.05) is 30.9 Å². The molecule has 4 rings (SSSR count). The zero-order chi connectivity index (χ0) is 18.7. The van der Waals surface area contributed by atoms with Crippen LogP contribution in [0.2, 0.25) is 0 Å². The molecule has 0 atom stereocenters. The van der Waals surface area contributed by atoms with Gasteiger partial charge in [-0.25, -0.2) is 0 Å². The van der Waals surface area contributed by atoms with Gasteiger partial charge in [0.2, 0.25) is 0 Å². The van der Waals surface area contributed by atoms with Gasteiger partial charge in [-0.2, -0.15) is 0 Å². The second kappa shape index (κ2) is 7.40.